The van der Waals surface area contributed by atoms with Gasteiger partial charge in [-0.1, -0.05) is 25.4 Å². The van der Waals surface area contributed by atoms with E-state index >= 15 is 0 Å². The molecule has 1 heterocycles. The largest absolute Gasteiger partial charge is 0.309 e. The van der Waals surface area contributed by atoms with Crippen LogP contribution in [0.3, 0.4) is 0 Å². The molecule has 3 heteroatoms. The molecule has 0 aliphatic heterocycles. The third kappa shape index (κ3) is 2.96. The second-order valence-electron chi connectivity index (χ2n) is 4.76. The molecule has 0 atom stereocenters. The molecule has 1 fully saturated rings. The molecule has 1 aromatic heterocycles. The van der Waals surface area contributed by atoms with Crippen molar-refractivity contribution >= 4 is 22.9 Å². The van der Waals surface area contributed by atoms with Gasteiger partial charge in [-0.2, -0.15) is 0 Å². The van der Waals surface area contributed by atoms with Crippen molar-refractivity contribution in [2.75, 3.05) is 0 Å². The van der Waals surface area contributed by atoms with Crippen LogP contribution in [0.1, 0.15) is 31.6 Å². The summed E-state index contributed by atoms with van der Waals surface area (Å²) >= 11 is 7.55. The van der Waals surface area contributed by atoms with Crippen molar-refractivity contribution in [1.29, 1.82) is 0 Å². The fourth-order valence-electron chi connectivity index (χ4n) is 2.06. The molecule has 84 valence electrons. The van der Waals surface area contributed by atoms with Crippen LogP contribution in [0, 0.1) is 11.8 Å². The molecule has 0 unspecified atom stereocenters. The van der Waals surface area contributed by atoms with E-state index in [4.69, 9.17) is 11.6 Å². The Morgan fingerprint density at radius 1 is 1.47 bits per heavy atom. The Balaban J connectivity index is 1.68. The quantitative estimate of drug-likeness (QED) is 0.845. The molecular formula is C12H18ClNS. The maximum atomic E-state index is 5.88. The number of hydrogen-bond acceptors (Lipinski definition) is 2. The highest BCUT2D eigenvalue weighted by Crippen LogP contribution is 2.33. The van der Waals surface area contributed by atoms with Gasteiger partial charge in [-0.3, -0.25) is 0 Å². The van der Waals surface area contributed by atoms with Crippen LogP contribution in [0.5, 0.6) is 0 Å². The molecule has 1 aromatic rings. The number of thiophene rings is 1. The zero-order valence-corrected chi connectivity index (χ0v) is 10.9. The summed E-state index contributed by atoms with van der Waals surface area (Å²) in [7, 11) is 0. The molecule has 1 aliphatic rings. The minimum Gasteiger partial charge on any atom is -0.309 e. The highest BCUT2D eigenvalue weighted by molar-refractivity contribution is 7.16. The standard InChI is InChI=1S/C12H18ClNS/c1-8(2)9-5-10(6-9)14-7-11-3-4-12(13)15-11/h3-4,8-10,14H,5-7H2,1-2H3. The smallest absolute Gasteiger partial charge is 0.0931 e. The van der Waals surface area contributed by atoms with Crippen LogP contribution in [-0.4, -0.2) is 6.04 Å². The first kappa shape index (κ1) is 11.4. The summed E-state index contributed by atoms with van der Waals surface area (Å²) in [6.07, 6.45) is 2.69. The highest BCUT2D eigenvalue weighted by atomic mass is 35.5. The second-order valence-corrected chi connectivity index (χ2v) is 6.56. The number of halogens is 1. The summed E-state index contributed by atoms with van der Waals surface area (Å²) in [5.41, 5.74) is 0. The molecular weight excluding hydrogens is 226 g/mol. The maximum Gasteiger partial charge on any atom is 0.0931 e. The Hall–Kier alpha value is -0.0500. The zero-order chi connectivity index (χ0) is 10.8. The van der Waals surface area contributed by atoms with E-state index in [1.165, 1.54) is 17.7 Å². The molecule has 0 radical (unpaired) electrons. The van der Waals surface area contributed by atoms with Crippen LogP contribution < -0.4 is 5.32 Å². The van der Waals surface area contributed by atoms with Gasteiger partial charge < -0.3 is 5.32 Å². The van der Waals surface area contributed by atoms with E-state index in [1.807, 2.05) is 6.07 Å². The first-order valence-corrected chi connectivity index (χ1v) is 6.82. The monoisotopic (exact) mass is 243 g/mol. The van der Waals surface area contributed by atoms with Crippen LogP contribution in [0.2, 0.25) is 4.34 Å². The molecule has 1 saturated carbocycles. The van der Waals surface area contributed by atoms with E-state index < -0.39 is 0 Å². The Morgan fingerprint density at radius 2 is 2.20 bits per heavy atom. The predicted octanol–water partition coefficient (Wildman–Crippen LogP) is 3.93. The molecule has 15 heavy (non-hydrogen) atoms. The first-order valence-electron chi connectivity index (χ1n) is 5.62. The number of nitrogens with one attached hydrogen (secondary N) is 1. The molecule has 0 saturated heterocycles. The molecule has 1 nitrogen and oxygen atoms in total. The van der Waals surface area contributed by atoms with Gasteiger partial charge in [0, 0.05) is 17.5 Å². The lowest BCUT2D eigenvalue weighted by Crippen LogP contribution is -2.42. The van der Waals surface area contributed by atoms with Crippen LogP contribution in [0.25, 0.3) is 0 Å². The molecule has 0 bridgehead atoms. The van der Waals surface area contributed by atoms with Gasteiger partial charge in [0.15, 0.2) is 0 Å². The lowest BCUT2D eigenvalue weighted by Gasteiger charge is -2.38. The van der Waals surface area contributed by atoms with Crippen molar-refractivity contribution < 1.29 is 0 Å². The van der Waals surface area contributed by atoms with Gasteiger partial charge in [0.2, 0.25) is 0 Å². The first-order chi connectivity index (χ1) is 7.15. The summed E-state index contributed by atoms with van der Waals surface area (Å²) in [5.74, 6) is 1.79. The minimum atomic E-state index is 0.735. The van der Waals surface area contributed by atoms with Crippen molar-refractivity contribution in [1.82, 2.24) is 5.32 Å². The fraction of sp³-hybridized carbons (Fsp3) is 0.667. The van der Waals surface area contributed by atoms with Gasteiger partial charge >= 0.3 is 0 Å². The molecule has 0 amide bonds. The molecule has 1 N–H and O–H groups in total. The Bertz CT molecular complexity index is 315. The maximum absolute atomic E-state index is 5.88. The van der Waals surface area contributed by atoms with Crippen LogP contribution in [-0.2, 0) is 6.54 Å². The normalized spacial score (nSPS) is 25.6. The third-order valence-corrected chi connectivity index (χ3v) is 4.54. The van der Waals surface area contributed by atoms with Crippen LogP contribution in [0.4, 0.5) is 0 Å². The highest BCUT2D eigenvalue weighted by Gasteiger charge is 2.30. The number of rotatable bonds is 4. The van der Waals surface area contributed by atoms with Gasteiger partial charge in [-0.05, 0) is 36.8 Å². The van der Waals surface area contributed by atoms with Crippen LogP contribution >= 0.6 is 22.9 Å². The van der Waals surface area contributed by atoms with Gasteiger partial charge in [-0.15, -0.1) is 11.3 Å². The third-order valence-electron chi connectivity index (χ3n) is 3.31. The van der Waals surface area contributed by atoms with Gasteiger partial charge in [0.1, 0.15) is 0 Å². The lowest BCUT2D eigenvalue weighted by atomic mass is 9.74. The van der Waals surface area contributed by atoms with Crippen molar-refractivity contribution in [3.05, 3.63) is 21.3 Å². The van der Waals surface area contributed by atoms with Gasteiger partial charge in [0.25, 0.3) is 0 Å². The Kier molecular flexibility index (Phi) is 3.70. The number of hydrogen-bond donors (Lipinski definition) is 1. The van der Waals surface area contributed by atoms with Crippen LogP contribution in [0.15, 0.2) is 12.1 Å². The summed E-state index contributed by atoms with van der Waals surface area (Å²) in [6, 6.07) is 4.82. The van der Waals surface area contributed by atoms with E-state index in [-0.39, 0.29) is 0 Å². The van der Waals surface area contributed by atoms with E-state index in [0.29, 0.717) is 0 Å². The van der Waals surface area contributed by atoms with E-state index in [1.54, 1.807) is 11.3 Å². The Labute approximate surface area is 101 Å². The van der Waals surface area contributed by atoms with Gasteiger partial charge in [0.05, 0.1) is 4.34 Å². The van der Waals surface area contributed by atoms with Gasteiger partial charge in [-0.25, -0.2) is 0 Å². The second kappa shape index (κ2) is 4.86. The molecule has 0 spiro atoms. The average molecular weight is 244 g/mol. The average Bonchev–Trinajstić information content (AvgIpc) is 2.48. The summed E-state index contributed by atoms with van der Waals surface area (Å²) < 4.78 is 0.889. The van der Waals surface area contributed by atoms with Crippen molar-refractivity contribution in [3.63, 3.8) is 0 Å². The summed E-state index contributed by atoms with van der Waals surface area (Å²) in [4.78, 5) is 1.34. The fourth-order valence-corrected chi connectivity index (χ4v) is 3.10. The molecule has 1 aliphatic carbocycles. The van der Waals surface area contributed by atoms with Crippen molar-refractivity contribution in [2.24, 2.45) is 11.8 Å². The Morgan fingerprint density at radius 3 is 2.73 bits per heavy atom. The minimum absolute atomic E-state index is 0.735. The predicted molar refractivity (Wildman–Crippen MR) is 67.5 cm³/mol. The lowest BCUT2D eigenvalue weighted by molar-refractivity contribution is 0.168. The molecule has 2 rings (SSSR count). The van der Waals surface area contributed by atoms with E-state index in [9.17, 15) is 0 Å². The zero-order valence-electron chi connectivity index (χ0n) is 9.29. The molecule has 0 aromatic carbocycles. The van der Waals surface area contributed by atoms with Crippen molar-refractivity contribution in [2.45, 2.75) is 39.3 Å². The van der Waals surface area contributed by atoms with E-state index in [0.717, 1.165) is 28.8 Å². The summed E-state index contributed by atoms with van der Waals surface area (Å²) in [5, 5.41) is 3.59. The summed E-state index contributed by atoms with van der Waals surface area (Å²) in [6.45, 7) is 5.62. The van der Waals surface area contributed by atoms with E-state index in [2.05, 4.69) is 25.2 Å². The topological polar surface area (TPSA) is 12.0 Å². The van der Waals surface area contributed by atoms with Crippen molar-refractivity contribution in [3.8, 4) is 0 Å². The SMILES string of the molecule is CC(C)C1CC(NCc2ccc(Cl)s2)C1.